The Labute approximate surface area is 159 Å². The Morgan fingerprint density at radius 1 is 1.15 bits per heavy atom. The second-order valence-electron chi connectivity index (χ2n) is 5.09. The van der Waals surface area contributed by atoms with Crippen molar-refractivity contribution >= 4 is 34.9 Å². The van der Waals surface area contributed by atoms with Gasteiger partial charge in [0.2, 0.25) is 5.75 Å². The second kappa shape index (κ2) is 9.26. The largest absolute Gasteiger partial charge is 0.496 e. The van der Waals surface area contributed by atoms with E-state index in [0.717, 1.165) is 0 Å². The lowest BCUT2D eigenvalue weighted by molar-refractivity contribution is -0.385. The number of benzene rings is 2. The van der Waals surface area contributed by atoms with Crippen LogP contribution in [0.1, 0.15) is 12.8 Å². The number of esters is 1. The van der Waals surface area contributed by atoms with Crippen LogP contribution in [0.3, 0.4) is 0 Å². The van der Waals surface area contributed by atoms with Crippen molar-refractivity contribution in [2.45, 2.75) is 12.8 Å². The summed E-state index contributed by atoms with van der Waals surface area (Å²) >= 11 is 11.8. The molecule has 2 rings (SSSR count). The van der Waals surface area contributed by atoms with Gasteiger partial charge in [0.1, 0.15) is 11.5 Å². The highest BCUT2D eigenvalue weighted by Gasteiger charge is 2.19. The minimum absolute atomic E-state index is 0.0222. The van der Waals surface area contributed by atoms with E-state index in [-0.39, 0.29) is 24.5 Å². The molecular formula is C17H15Cl2NO6. The molecule has 0 N–H and O–H groups in total. The van der Waals surface area contributed by atoms with E-state index < -0.39 is 10.9 Å². The van der Waals surface area contributed by atoms with Crippen LogP contribution in [0, 0.1) is 10.1 Å². The number of nitro groups is 1. The molecule has 0 amide bonds. The second-order valence-corrected chi connectivity index (χ2v) is 5.94. The fourth-order valence-electron chi connectivity index (χ4n) is 2.02. The van der Waals surface area contributed by atoms with Crippen molar-refractivity contribution in [3.63, 3.8) is 0 Å². The normalized spacial score (nSPS) is 10.3. The van der Waals surface area contributed by atoms with Crippen molar-refractivity contribution in [3.8, 4) is 17.2 Å². The third-order valence-corrected chi connectivity index (χ3v) is 3.79. The van der Waals surface area contributed by atoms with Gasteiger partial charge in [-0.25, -0.2) is 0 Å². The van der Waals surface area contributed by atoms with E-state index in [9.17, 15) is 14.9 Å². The summed E-state index contributed by atoms with van der Waals surface area (Å²) in [5.41, 5.74) is -0.345. The maximum absolute atomic E-state index is 11.9. The first-order valence-electron chi connectivity index (χ1n) is 7.51. The summed E-state index contributed by atoms with van der Waals surface area (Å²) in [6.07, 6.45) is 0.371. The average molecular weight is 400 g/mol. The third kappa shape index (κ3) is 5.50. The molecule has 0 spiro atoms. The van der Waals surface area contributed by atoms with Gasteiger partial charge in [-0.3, -0.25) is 14.9 Å². The van der Waals surface area contributed by atoms with Gasteiger partial charge in [0, 0.05) is 11.4 Å². The van der Waals surface area contributed by atoms with Crippen LogP contribution in [0.4, 0.5) is 5.69 Å². The van der Waals surface area contributed by atoms with Crippen molar-refractivity contribution in [2.75, 3.05) is 13.7 Å². The van der Waals surface area contributed by atoms with Crippen molar-refractivity contribution in [3.05, 3.63) is 56.6 Å². The Hall–Kier alpha value is -2.51. The number of hydrogen-bond donors (Lipinski definition) is 0. The van der Waals surface area contributed by atoms with Crippen molar-refractivity contribution in [2.24, 2.45) is 0 Å². The Morgan fingerprint density at radius 3 is 2.54 bits per heavy atom. The highest BCUT2D eigenvalue weighted by molar-refractivity contribution is 6.35. The molecule has 9 heteroatoms. The van der Waals surface area contributed by atoms with Gasteiger partial charge in [0.15, 0.2) is 0 Å². The van der Waals surface area contributed by atoms with E-state index in [4.69, 9.17) is 37.4 Å². The topological polar surface area (TPSA) is 87.9 Å². The molecule has 0 saturated carbocycles. The van der Waals surface area contributed by atoms with E-state index >= 15 is 0 Å². The van der Waals surface area contributed by atoms with E-state index in [2.05, 4.69) is 0 Å². The Balaban J connectivity index is 1.86. The monoisotopic (exact) mass is 399 g/mol. The van der Waals surface area contributed by atoms with Gasteiger partial charge >= 0.3 is 11.7 Å². The van der Waals surface area contributed by atoms with Gasteiger partial charge in [-0.2, -0.15) is 0 Å². The van der Waals surface area contributed by atoms with Crippen molar-refractivity contribution in [1.29, 1.82) is 0 Å². The SMILES string of the molecule is COc1ccc(OC(=O)CCCOc2ccc(Cl)cc2Cl)c([N+](=O)[O-])c1. The van der Waals surface area contributed by atoms with Crippen LogP contribution in [-0.2, 0) is 4.79 Å². The lowest BCUT2D eigenvalue weighted by Gasteiger charge is -2.09. The summed E-state index contributed by atoms with van der Waals surface area (Å²) in [6.45, 7) is 0.223. The smallest absolute Gasteiger partial charge is 0.315 e. The molecule has 138 valence electrons. The highest BCUT2D eigenvalue weighted by Crippen LogP contribution is 2.31. The molecular weight excluding hydrogens is 385 g/mol. The van der Waals surface area contributed by atoms with Gasteiger partial charge in [-0.1, -0.05) is 23.2 Å². The van der Waals surface area contributed by atoms with Crippen LogP contribution < -0.4 is 14.2 Å². The molecule has 0 bridgehead atoms. The van der Waals surface area contributed by atoms with E-state index in [1.807, 2.05) is 0 Å². The van der Waals surface area contributed by atoms with E-state index in [1.165, 1.54) is 25.3 Å². The molecule has 26 heavy (non-hydrogen) atoms. The number of carbonyl (C=O) groups is 1. The third-order valence-electron chi connectivity index (χ3n) is 3.26. The summed E-state index contributed by atoms with van der Waals surface area (Å²) in [5, 5.41) is 11.9. The van der Waals surface area contributed by atoms with Gasteiger partial charge in [-0.15, -0.1) is 0 Å². The molecule has 0 aliphatic heterocycles. The molecule has 0 saturated heterocycles. The predicted molar refractivity (Wildman–Crippen MR) is 96.5 cm³/mol. The quantitative estimate of drug-likeness (QED) is 0.210. The number of rotatable bonds is 8. The molecule has 0 heterocycles. The summed E-state index contributed by atoms with van der Waals surface area (Å²) in [7, 11) is 1.39. The van der Waals surface area contributed by atoms with Crippen LogP contribution in [0.2, 0.25) is 10.0 Å². The first kappa shape index (κ1) is 19.8. The van der Waals surface area contributed by atoms with Crippen LogP contribution in [0.15, 0.2) is 36.4 Å². The number of methoxy groups -OCH3 is 1. The number of nitro benzene ring substituents is 1. The zero-order valence-corrected chi connectivity index (χ0v) is 15.2. The lowest BCUT2D eigenvalue weighted by atomic mass is 10.2. The minimum atomic E-state index is -0.642. The number of nitrogens with zero attached hydrogens (tertiary/aromatic N) is 1. The Kier molecular flexibility index (Phi) is 7.06. The average Bonchev–Trinajstić information content (AvgIpc) is 2.60. The predicted octanol–water partition coefficient (Wildman–Crippen LogP) is 4.67. The number of ether oxygens (including phenoxy) is 3. The molecule has 0 aliphatic carbocycles. The number of hydrogen-bond acceptors (Lipinski definition) is 6. The minimum Gasteiger partial charge on any atom is -0.496 e. The van der Waals surface area contributed by atoms with Gasteiger partial charge in [-0.05, 0) is 36.8 Å². The molecule has 0 fully saturated rings. The molecule has 0 unspecified atom stereocenters. The number of carbonyl (C=O) groups excluding carboxylic acids is 1. The van der Waals surface area contributed by atoms with Gasteiger partial charge in [0.05, 0.1) is 29.7 Å². The van der Waals surface area contributed by atoms with Crippen molar-refractivity contribution in [1.82, 2.24) is 0 Å². The first-order valence-corrected chi connectivity index (χ1v) is 8.27. The van der Waals surface area contributed by atoms with Gasteiger partial charge < -0.3 is 14.2 Å². The zero-order valence-electron chi connectivity index (χ0n) is 13.7. The fourth-order valence-corrected chi connectivity index (χ4v) is 2.48. The van der Waals surface area contributed by atoms with Crippen molar-refractivity contribution < 1.29 is 23.9 Å². The number of halogens is 2. The molecule has 7 nitrogen and oxygen atoms in total. The highest BCUT2D eigenvalue weighted by atomic mass is 35.5. The maximum atomic E-state index is 11.9. The van der Waals surface area contributed by atoms with Crippen LogP contribution in [0.25, 0.3) is 0 Å². The Morgan fingerprint density at radius 2 is 1.88 bits per heavy atom. The lowest BCUT2D eigenvalue weighted by Crippen LogP contribution is -2.11. The molecule has 0 aliphatic rings. The Bertz CT molecular complexity index is 812. The summed E-state index contributed by atoms with van der Waals surface area (Å²) in [6, 6.07) is 8.80. The zero-order chi connectivity index (χ0) is 19.1. The summed E-state index contributed by atoms with van der Waals surface area (Å²) < 4.78 is 15.4. The fraction of sp³-hybridized carbons (Fsp3) is 0.235. The van der Waals surface area contributed by atoms with Crippen LogP contribution in [0.5, 0.6) is 17.2 Å². The molecule has 0 atom stereocenters. The molecule has 2 aromatic rings. The van der Waals surface area contributed by atoms with Crippen LogP contribution >= 0.6 is 23.2 Å². The van der Waals surface area contributed by atoms with Crippen LogP contribution in [-0.4, -0.2) is 24.6 Å². The van der Waals surface area contributed by atoms with Gasteiger partial charge in [0.25, 0.3) is 0 Å². The summed E-state index contributed by atoms with van der Waals surface area (Å²) in [5.74, 6) is 0.00602. The first-order chi connectivity index (χ1) is 12.4. The standard InChI is InChI=1S/C17H15Cl2NO6/c1-24-12-5-7-16(14(10-12)20(22)23)26-17(21)3-2-8-25-15-6-4-11(18)9-13(15)19/h4-7,9-10H,2-3,8H2,1H3. The molecule has 2 aromatic carbocycles. The molecule has 0 radical (unpaired) electrons. The van der Waals surface area contributed by atoms with E-state index in [0.29, 0.717) is 28.0 Å². The molecule has 0 aromatic heterocycles. The maximum Gasteiger partial charge on any atom is 0.315 e. The van der Waals surface area contributed by atoms with E-state index in [1.54, 1.807) is 18.2 Å². The summed E-state index contributed by atoms with van der Waals surface area (Å²) in [4.78, 5) is 22.3.